The van der Waals surface area contributed by atoms with E-state index in [0.717, 1.165) is 11.3 Å². The van der Waals surface area contributed by atoms with Crippen LogP contribution in [-0.4, -0.2) is 36.5 Å². The maximum Gasteiger partial charge on any atom is 0.237 e. The van der Waals surface area contributed by atoms with Crippen molar-refractivity contribution in [1.82, 2.24) is 20.2 Å². The molecule has 0 saturated heterocycles. The summed E-state index contributed by atoms with van der Waals surface area (Å²) in [5, 5.41) is 24.0. The lowest BCUT2D eigenvalue weighted by atomic mass is 10.2. The van der Waals surface area contributed by atoms with E-state index in [1.54, 1.807) is 31.2 Å². The zero-order chi connectivity index (χ0) is 17.8. The zero-order valence-electron chi connectivity index (χ0n) is 13.7. The Morgan fingerprint density at radius 1 is 1.16 bits per heavy atom. The molecule has 8 heteroatoms. The molecule has 0 fully saturated rings. The summed E-state index contributed by atoms with van der Waals surface area (Å²) < 4.78 is 1.53. The largest absolute Gasteiger partial charge is 0.508 e. The van der Waals surface area contributed by atoms with Gasteiger partial charge in [0.25, 0.3) is 0 Å². The first-order chi connectivity index (χ1) is 12.0. The van der Waals surface area contributed by atoms with Gasteiger partial charge in [0.05, 0.1) is 10.9 Å². The van der Waals surface area contributed by atoms with Gasteiger partial charge >= 0.3 is 0 Å². The van der Waals surface area contributed by atoms with Crippen molar-refractivity contribution < 1.29 is 9.90 Å². The molecule has 1 unspecified atom stereocenters. The van der Waals surface area contributed by atoms with Crippen LogP contribution in [0.25, 0.3) is 5.69 Å². The number of hydrogen-bond acceptors (Lipinski definition) is 6. The highest BCUT2D eigenvalue weighted by Crippen LogP contribution is 2.24. The van der Waals surface area contributed by atoms with Gasteiger partial charge in [-0.15, -0.1) is 5.10 Å². The van der Waals surface area contributed by atoms with Crippen molar-refractivity contribution in [3.05, 3.63) is 54.1 Å². The second-order valence-corrected chi connectivity index (χ2v) is 6.81. The fourth-order valence-electron chi connectivity index (χ4n) is 2.10. The van der Waals surface area contributed by atoms with Crippen LogP contribution in [-0.2, 0) is 4.79 Å². The van der Waals surface area contributed by atoms with Gasteiger partial charge < -0.3 is 10.4 Å². The van der Waals surface area contributed by atoms with Crippen LogP contribution in [0.4, 0.5) is 5.69 Å². The number of amides is 1. The number of rotatable bonds is 5. The van der Waals surface area contributed by atoms with Crippen molar-refractivity contribution >= 4 is 23.4 Å². The molecular formula is C17H17N5O2S. The Bertz CT molecular complexity index is 862. The predicted octanol–water partition coefficient (Wildman–Crippen LogP) is 2.80. The summed E-state index contributed by atoms with van der Waals surface area (Å²) in [6, 6.07) is 14.1. The summed E-state index contributed by atoms with van der Waals surface area (Å²) >= 11 is 1.26. The van der Waals surface area contributed by atoms with Crippen LogP contribution >= 0.6 is 11.8 Å². The molecule has 3 aromatic rings. The van der Waals surface area contributed by atoms with E-state index in [-0.39, 0.29) is 16.9 Å². The molecule has 1 atom stereocenters. The number of carbonyl (C=O) groups is 1. The van der Waals surface area contributed by atoms with Gasteiger partial charge in [-0.3, -0.25) is 4.79 Å². The minimum Gasteiger partial charge on any atom is -0.508 e. The smallest absolute Gasteiger partial charge is 0.237 e. The van der Waals surface area contributed by atoms with Crippen LogP contribution < -0.4 is 5.32 Å². The van der Waals surface area contributed by atoms with Crippen LogP contribution in [0, 0.1) is 6.92 Å². The molecule has 1 amide bonds. The number of aryl methyl sites for hydroxylation is 1. The summed E-state index contributed by atoms with van der Waals surface area (Å²) in [5.41, 5.74) is 2.59. The lowest BCUT2D eigenvalue weighted by molar-refractivity contribution is -0.115. The Morgan fingerprint density at radius 3 is 2.52 bits per heavy atom. The highest BCUT2D eigenvalue weighted by Gasteiger charge is 2.19. The molecule has 0 aliphatic rings. The van der Waals surface area contributed by atoms with Gasteiger partial charge in [-0.25, -0.2) is 0 Å². The van der Waals surface area contributed by atoms with Crippen molar-refractivity contribution in [1.29, 1.82) is 0 Å². The highest BCUT2D eigenvalue weighted by atomic mass is 32.2. The fourth-order valence-corrected chi connectivity index (χ4v) is 2.91. The van der Waals surface area contributed by atoms with Gasteiger partial charge in [0.1, 0.15) is 5.75 Å². The quantitative estimate of drug-likeness (QED) is 0.684. The maximum atomic E-state index is 12.4. The Labute approximate surface area is 149 Å². The number of phenolic OH excluding ortho intramolecular Hbond substituents is 1. The summed E-state index contributed by atoms with van der Waals surface area (Å²) in [4.78, 5) is 12.4. The number of thioether (sulfide) groups is 1. The molecule has 0 spiro atoms. The molecule has 7 nitrogen and oxygen atoms in total. The monoisotopic (exact) mass is 355 g/mol. The SMILES string of the molecule is Cc1ccc(NC(=O)C(C)Sc2nnnn2-c2ccc(O)cc2)cc1. The van der Waals surface area contributed by atoms with Gasteiger partial charge in [-0.05, 0) is 60.7 Å². The summed E-state index contributed by atoms with van der Waals surface area (Å²) in [5.74, 6) is 0.0333. The Morgan fingerprint density at radius 2 is 1.84 bits per heavy atom. The van der Waals surface area contributed by atoms with Crippen molar-refractivity contribution in [2.24, 2.45) is 0 Å². The number of aromatic hydroxyl groups is 1. The summed E-state index contributed by atoms with van der Waals surface area (Å²) in [7, 11) is 0. The molecule has 3 rings (SSSR count). The Kier molecular flexibility index (Phi) is 4.99. The van der Waals surface area contributed by atoms with Crippen LogP contribution in [0.15, 0.2) is 53.7 Å². The van der Waals surface area contributed by atoms with E-state index >= 15 is 0 Å². The van der Waals surface area contributed by atoms with Crippen LogP contribution in [0.5, 0.6) is 5.75 Å². The molecule has 0 radical (unpaired) electrons. The maximum absolute atomic E-state index is 12.4. The van der Waals surface area contributed by atoms with Gasteiger partial charge in [-0.1, -0.05) is 29.5 Å². The lowest BCUT2D eigenvalue weighted by Crippen LogP contribution is -2.22. The van der Waals surface area contributed by atoms with Crippen molar-refractivity contribution in [2.45, 2.75) is 24.3 Å². The molecule has 1 heterocycles. The van der Waals surface area contributed by atoms with Crippen molar-refractivity contribution in [2.75, 3.05) is 5.32 Å². The van der Waals surface area contributed by atoms with Gasteiger partial charge in [-0.2, -0.15) is 4.68 Å². The number of aromatic nitrogens is 4. The number of phenols is 1. The third-order valence-electron chi connectivity index (χ3n) is 3.51. The molecule has 2 aromatic carbocycles. The summed E-state index contributed by atoms with van der Waals surface area (Å²) in [6.45, 7) is 3.79. The standard InChI is InChI=1S/C17H17N5O2S/c1-11-3-5-13(6-4-11)18-16(24)12(2)25-17-19-20-21-22(17)14-7-9-15(23)10-8-14/h3-10,12,23H,1-2H3,(H,18,24). The molecule has 2 N–H and O–H groups in total. The van der Waals surface area contributed by atoms with Crippen LogP contribution in [0.3, 0.4) is 0 Å². The molecule has 1 aromatic heterocycles. The number of benzene rings is 2. The van der Waals surface area contributed by atoms with Gasteiger partial charge in [0, 0.05) is 5.69 Å². The lowest BCUT2D eigenvalue weighted by Gasteiger charge is -2.12. The number of hydrogen-bond donors (Lipinski definition) is 2. The van der Waals surface area contributed by atoms with Crippen LogP contribution in [0.1, 0.15) is 12.5 Å². The second-order valence-electron chi connectivity index (χ2n) is 5.51. The van der Waals surface area contributed by atoms with E-state index < -0.39 is 0 Å². The van der Waals surface area contributed by atoms with Crippen molar-refractivity contribution in [3.63, 3.8) is 0 Å². The topological polar surface area (TPSA) is 92.9 Å². The second kappa shape index (κ2) is 7.35. The minimum atomic E-state index is -0.386. The third-order valence-corrected chi connectivity index (χ3v) is 4.54. The van der Waals surface area contributed by atoms with E-state index in [1.807, 2.05) is 31.2 Å². The predicted molar refractivity (Wildman–Crippen MR) is 95.9 cm³/mol. The molecule has 128 valence electrons. The Hall–Kier alpha value is -2.87. The summed E-state index contributed by atoms with van der Waals surface area (Å²) in [6.07, 6.45) is 0. The first-order valence-electron chi connectivity index (χ1n) is 7.65. The number of nitrogens with zero attached hydrogens (tertiary/aromatic N) is 4. The van der Waals surface area contributed by atoms with E-state index in [0.29, 0.717) is 10.8 Å². The van der Waals surface area contributed by atoms with E-state index in [1.165, 1.54) is 16.4 Å². The molecule has 0 aliphatic heterocycles. The average Bonchev–Trinajstić information content (AvgIpc) is 3.05. The average molecular weight is 355 g/mol. The molecule has 25 heavy (non-hydrogen) atoms. The number of tetrazole rings is 1. The van der Waals surface area contributed by atoms with E-state index in [2.05, 4.69) is 20.8 Å². The molecule has 0 saturated carbocycles. The Balaban J connectivity index is 1.70. The third kappa shape index (κ3) is 4.16. The zero-order valence-corrected chi connectivity index (χ0v) is 14.6. The van der Waals surface area contributed by atoms with Gasteiger partial charge in [0.15, 0.2) is 0 Å². The molecular weight excluding hydrogens is 338 g/mol. The fraction of sp³-hybridized carbons (Fsp3) is 0.176. The minimum absolute atomic E-state index is 0.130. The highest BCUT2D eigenvalue weighted by molar-refractivity contribution is 8.00. The molecule has 0 aliphatic carbocycles. The first kappa shape index (κ1) is 17.0. The van der Waals surface area contributed by atoms with Crippen molar-refractivity contribution in [3.8, 4) is 11.4 Å². The van der Waals surface area contributed by atoms with E-state index in [9.17, 15) is 9.90 Å². The first-order valence-corrected chi connectivity index (χ1v) is 8.53. The molecule has 0 bridgehead atoms. The number of carbonyl (C=O) groups excluding carboxylic acids is 1. The van der Waals surface area contributed by atoms with Crippen LogP contribution in [0.2, 0.25) is 0 Å². The number of anilines is 1. The van der Waals surface area contributed by atoms with E-state index in [4.69, 9.17) is 0 Å². The normalized spacial score (nSPS) is 11.9. The number of nitrogens with one attached hydrogen (secondary N) is 1. The van der Waals surface area contributed by atoms with Gasteiger partial charge in [0.2, 0.25) is 11.1 Å².